The van der Waals surface area contributed by atoms with Crippen LogP contribution in [0.15, 0.2) is 10.7 Å². The van der Waals surface area contributed by atoms with Crippen molar-refractivity contribution in [2.45, 2.75) is 18.6 Å². The van der Waals surface area contributed by atoms with Crippen LogP contribution >= 0.6 is 15.9 Å². The van der Waals surface area contributed by atoms with Crippen LogP contribution in [0.2, 0.25) is 0 Å². The predicted molar refractivity (Wildman–Crippen MR) is 45.2 cm³/mol. The summed E-state index contributed by atoms with van der Waals surface area (Å²) in [6, 6.07) is 0. The SMILES string of the molecule is C[C@](N)(C(=O)O)C1C=C(Br)NO1. The first kappa shape index (κ1) is 9.50. The van der Waals surface area contributed by atoms with E-state index in [1.807, 2.05) is 0 Å². The molecule has 0 aliphatic carbocycles. The van der Waals surface area contributed by atoms with Gasteiger partial charge in [-0.05, 0) is 28.9 Å². The van der Waals surface area contributed by atoms with Crippen LogP contribution in [0.3, 0.4) is 0 Å². The van der Waals surface area contributed by atoms with Crippen LogP contribution in [-0.4, -0.2) is 22.7 Å². The van der Waals surface area contributed by atoms with E-state index < -0.39 is 17.6 Å². The fourth-order valence-corrected chi connectivity index (χ4v) is 1.07. The van der Waals surface area contributed by atoms with Gasteiger partial charge in [-0.25, -0.2) is 0 Å². The molecule has 0 fully saturated rings. The van der Waals surface area contributed by atoms with E-state index in [2.05, 4.69) is 21.4 Å². The van der Waals surface area contributed by atoms with Gasteiger partial charge in [0.05, 0.1) is 0 Å². The number of carboxylic acid groups (broad SMARTS) is 1. The highest BCUT2D eigenvalue weighted by atomic mass is 79.9. The predicted octanol–water partition coefficient (Wildman–Crippen LogP) is -0.0719. The number of hydroxylamine groups is 1. The minimum Gasteiger partial charge on any atom is -0.480 e. The summed E-state index contributed by atoms with van der Waals surface area (Å²) in [4.78, 5) is 15.5. The van der Waals surface area contributed by atoms with Gasteiger partial charge < -0.3 is 10.8 Å². The summed E-state index contributed by atoms with van der Waals surface area (Å²) in [6.07, 6.45) is 0.901. The molecule has 0 saturated heterocycles. The lowest BCUT2D eigenvalue weighted by Crippen LogP contribution is -2.54. The van der Waals surface area contributed by atoms with Crippen molar-refractivity contribution < 1.29 is 14.7 Å². The zero-order chi connectivity index (χ0) is 9.35. The van der Waals surface area contributed by atoms with E-state index >= 15 is 0 Å². The summed E-state index contributed by atoms with van der Waals surface area (Å²) in [6.45, 7) is 1.39. The summed E-state index contributed by atoms with van der Waals surface area (Å²) >= 11 is 3.10. The van der Waals surface area contributed by atoms with E-state index in [0.29, 0.717) is 4.61 Å². The van der Waals surface area contributed by atoms with E-state index in [9.17, 15) is 4.79 Å². The number of carbonyl (C=O) groups is 1. The molecule has 5 nitrogen and oxygen atoms in total. The molecular formula is C6H9BrN2O3. The Labute approximate surface area is 77.6 Å². The largest absolute Gasteiger partial charge is 0.480 e. The van der Waals surface area contributed by atoms with E-state index in [1.54, 1.807) is 6.08 Å². The van der Waals surface area contributed by atoms with Gasteiger partial charge in [0, 0.05) is 0 Å². The van der Waals surface area contributed by atoms with Crippen LogP contribution in [0.4, 0.5) is 0 Å². The topological polar surface area (TPSA) is 84.6 Å². The highest BCUT2D eigenvalue weighted by Crippen LogP contribution is 2.20. The second kappa shape index (κ2) is 3.04. The molecule has 0 aromatic carbocycles. The van der Waals surface area contributed by atoms with Crippen LogP contribution in [0.5, 0.6) is 0 Å². The Bertz CT molecular complexity index is 239. The van der Waals surface area contributed by atoms with Crippen LogP contribution in [0, 0.1) is 0 Å². The molecule has 1 heterocycles. The Kier molecular flexibility index (Phi) is 2.41. The first-order chi connectivity index (χ1) is 5.44. The quantitative estimate of drug-likeness (QED) is 0.585. The molecule has 0 spiro atoms. The van der Waals surface area contributed by atoms with Gasteiger partial charge in [-0.1, -0.05) is 0 Å². The molecule has 0 aromatic heterocycles. The molecular weight excluding hydrogens is 228 g/mol. The van der Waals surface area contributed by atoms with Crippen LogP contribution in [0.25, 0.3) is 0 Å². The van der Waals surface area contributed by atoms with Crippen LogP contribution < -0.4 is 11.2 Å². The van der Waals surface area contributed by atoms with Gasteiger partial charge >= 0.3 is 5.97 Å². The Hall–Kier alpha value is -0.590. The van der Waals surface area contributed by atoms with Crippen molar-refractivity contribution >= 4 is 21.9 Å². The number of hydrogen-bond donors (Lipinski definition) is 3. The Morgan fingerprint density at radius 2 is 2.58 bits per heavy atom. The molecule has 68 valence electrons. The standard InChI is InChI=1S/C6H9BrN2O3/c1-6(8,5(10)11)3-2-4(7)9-12-3/h2-3,9H,8H2,1H3,(H,10,11)/t3?,6-/m1/s1. The van der Waals surface area contributed by atoms with Crippen molar-refractivity contribution in [3.63, 3.8) is 0 Å². The van der Waals surface area contributed by atoms with Gasteiger partial charge in [-0.2, -0.15) is 0 Å². The van der Waals surface area contributed by atoms with Gasteiger partial charge in [0.2, 0.25) is 0 Å². The summed E-state index contributed by atoms with van der Waals surface area (Å²) in [5, 5.41) is 8.71. The molecule has 6 heteroatoms. The molecule has 12 heavy (non-hydrogen) atoms. The number of aliphatic carboxylic acids is 1. The first-order valence-corrected chi connectivity index (χ1v) is 4.05. The molecule has 0 radical (unpaired) electrons. The van der Waals surface area contributed by atoms with Gasteiger partial charge in [-0.3, -0.25) is 15.1 Å². The summed E-state index contributed by atoms with van der Waals surface area (Å²) in [5.74, 6) is -1.10. The fraction of sp³-hybridized carbons (Fsp3) is 0.500. The smallest absolute Gasteiger partial charge is 0.326 e. The van der Waals surface area contributed by atoms with Gasteiger partial charge in [-0.15, -0.1) is 0 Å². The van der Waals surface area contributed by atoms with E-state index in [0.717, 1.165) is 0 Å². The molecule has 1 rings (SSSR count). The zero-order valence-corrected chi connectivity index (χ0v) is 7.96. The van der Waals surface area contributed by atoms with E-state index in [-0.39, 0.29) is 0 Å². The molecule has 0 saturated carbocycles. The molecule has 4 N–H and O–H groups in total. The van der Waals surface area contributed by atoms with Crippen molar-refractivity contribution in [1.82, 2.24) is 5.48 Å². The number of nitrogens with two attached hydrogens (primary N) is 1. The van der Waals surface area contributed by atoms with Crippen molar-refractivity contribution in [1.29, 1.82) is 0 Å². The lowest BCUT2D eigenvalue weighted by molar-refractivity contribution is -0.148. The van der Waals surface area contributed by atoms with E-state index in [4.69, 9.17) is 15.7 Å². The third kappa shape index (κ3) is 1.60. The summed E-state index contributed by atoms with van der Waals surface area (Å²) in [7, 11) is 0. The molecule has 1 aliphatic rings. The molecule has 0 amide bonds. The highest BCUT2D eigenvalue weighted by molar-refractivity contribution is 9.11. The maximum absolute atomic E-state index is 10.6. The summed E-state index contributed by atoms with van der Waals surface area (Å²) < 4.78 is 0.588. The number of hydrogen-bond acceptors (Lipinski definition) is 4. The van der Waals surface area contributed by atoms with Gasteiger partial charge in [0.25, 0.3) is 0 Å². The third-order valence-corrected chi connectivity index (χ3v) is 2.06. The fourth-order valence-electron chi connectivity index (χ4n) is 0.738. The number of carboxylic acids is 1. The minimum absolute atomic E-state index is 0.588. The molecule has 1 unspecified atom stereocenters. The van der Waals surface area contributed by atoms with Gasteiger partial charge in [0.15, 0.2) is 0 Å². The monoisotopic (exact) mass is 236 g/mol. The lowest BCUT2D eigenvalue weighted by atomic mass is 9.97. The maximum atomic E-state index is 10.6. The second-order valence-electron chi connectivity index (χ2n) is 2.74. The number of rotatable bonds is 2. The van der Waals surface area contributed by atoms with Gasteiger partial charge in [0.1, 0.15) is 16.2 Å². The van der Waals surface area contributed by atoms with Crippen LogP contribution in [0.1, 0.15) is 6.92 Å². The van der Waals surface area contributed by atoms with Crippen molar-refractivity contribution in [2.75, 3.05) is 0 Å². The summed E-state index contributed by atoms with van der Waals surface area (Å²) in [5.41, 5.74) is 6.55. The maximum Gasteiger partial charge on any atom is 0.326 e. The Morgan fingerprint density at radius 3 is 2.92 bits per heavy atom. The average molecular weight is 237 g/mol. The lowest BCUT2D eigenvalue weighted by Gasteiger charge is -2.23. The third-order valence-electron chi connectivity index (χ3n) is 1.63. The van der Waals surface area contributed by atoms with Crippen molar-refractivity contribution in [3.8, 4) is 0 Å². The molecule has 0 aromatic rings. The van der Waals surface area contributed by atoms with Crippen molar-refractivity contribution in [3.05, 3.63) is 10.7 Å². The minimum atomic E-state index is -1.41. The Morgan fingerprint density at radius 1 is 2.00 bits per heavy atom. The number of nitrogens with one attached hydrogen (secondary N) is 1. The first-order valence-electron chi connectivity index (χ1n) is 3.26. The molecule has 2 atom stereocenters. The Balaban J connectivity index is 2.77. The highest BCUT2D eigenvalue weighted by Gasteiger charge is 2.40. The molecule has 0 bridgehead atoms. The molecule has 1 aliphatic heterocycles. The normalized spacial score (nSPS) is 27.2. The zero-order valence-electron chi connectivity index (χ0n) is 6.37. The second-order valence-corrected chi connectivity index (χ2v) is 3.60. The van der Waals surface area contributed by atoms with Crippen molar-refractivity contribution in [2.24, 2.45) is 5.73 Å². The van der Waals surface area contributed by atoms with Crippen LogP contribution in [-0.2, 0) is 9.63 Å². The number of halogens is 1. The van der Waals surface area contributed by atoms with E-state index in [1.165, 1.54) is 6.92 Å². The average Bonchev–Trinajstić information content (AvgIpc) is 2.35.